The average Bonchev–Trinajstić information content (AvgIpc) is 2.44. The van der Waals surface area contributed by atoms with E-state index in [1.165, 1.54) is 45.2 Å². The summed E-state index contributed by atoms with van der Waals surface area (Å²) in [4.78, 5) is 9.30. The number of piperidine rings is 1. The quantitative estimate of drug-likeness (QED) is 0.297. The van der Waals surface area contributed by atoms with Crippen LogP contribution in [0.4, 0.5) is 0 Å². The molecular formula is C15H33IN4. The minimum Gasteiger partial charge on any atom is -0.370 e. The Balaban J connectivity index is 0.00000361. The second-order valence-corrected chi connectivity index (χ2v) is 5.48. The number of likely N-dealkylation sites (tertiary alicyclic amines) is 1. The molecule has 0 bridgehead atoms. The third kappa shape index (κ3) is 8.29. The minimum absolute atomic E-state index is 0. The highest BCUT2D eigenvalue weighted by molar-refractivity contribution is 14.0. The van der Waals surface area contributed by atoms with Crippen LogP contribution in [0.2, 0.25) is 0 Å². The lowest BCUT2D eigenvalue weighted by Gasteiger charge is -2.27. The largest absolute Gasteiger partial charge is 0.370 e. The Morgan fingerprint density at radius 3 is 2.20 bits per heavy atom. The van der Waals surface area contributed by atoms with Crippen LogP contribution in [0.15, 0.2) is 4.99 Å². The zero-order chi connectivity index (χ0) is 13.9. The molecule has 0 atom stereocenters. The van der Waals surface area contributed by atoms with Gasteiger partial charge in [0.15, 0.2) is 5.96 Å². The summed E-state index contributed by atoms with van der Waals surface area (Å²) in [6.07, 6.45) is 7.45. The molecule has 4 nitrogen and oxygen atoms in total. The predicted octanol–water partition coefficient (Wildman–Crippen LogP) is 2.92. The summed E-state index contributed by atoms with van der Waals surface area (Å²) in [6, 6.07) is 0. The Hall–Kier alpha value is -0.0400. The number of aliphatic imine (C=N–C) groups is 1. The van der Waals surface area contributed by atoms with Gasteiger partial charge in [-0.15, -0.1) is 24.0 Å². The summed E-state index contributed by atoms with van der Waals surface area (Å²) in [5.41, 5.74) is 6.04. The molecule has 0 saturated carbocycles. The SMILES string of the molecule is CCCN(CCC)CCCN=C(N)N1CCCCC1.I. The molecule has 1 aliphatic heterocycles. The molecular weight excluding hydrogens is 363 g/mol. The van der Waals surface area contributed by atoms with Crippen molar-refractivity contribution in [1.82, 2.24) is 9.80 Å². The Kier molecular flexibility index (Phi) is 12.7. The number of rotatable bonds is 8. The van der Waals surface area contributed by atoms with Crippen LogP contribution in [0.3, 0.4) is 0 Å². The molecule has 0 unspecified atom stereocenters. The van der Waals surface area contributed by atoms with Crippen LogP contribution in [0.25, 0.3) is 0 Å². The lowest BCUT2D eigenvalue weighted by Crippen LogP contribution is -2.41. The molecule has 1 fully saturated rings. The van der Waals surface area contributed by atoms with Crippen molar-refractivity contribution in [3.63, 3.8) is 0 Å². The van der Waals surface area contributed by atoms with E-state index in [2.05, 4.69) is 28.6 Å². The maximum Gasteiger partial charge on any atom is 0.191 e. The van der Waals surface area contributed by atoms with Crippen molar-refractivity contribution in [3.05, 3.63) is 0 Å². The Labute approximate surface area is 142 Å². The standard InChI is InChI=1S/C15H32N4.HI/c1-3-10-18(11-4-2)12-8-9-17-15(16)19-13-6-5-7-14-19;/h3-14H2,1-2H3,(H2,16,17);1H. The van der Waals surface area contributed by atoms with Crippen LogP contribution >= 0.6 is 24.0 Å². The van der Waals surface area contributed by atoms with Crippen LogP contribution in [-0.2, 0) is 0 Å². The molecule has 5 heteroatoms. The molecule has 1 aliphatic rings. The monoisotopic (exact) mass is 396 g/mol. The zero-order valence-corrected chi connectivity index (χ0v) is 15.6. The Morgan fingerprint density at radius 1 is 1.05 bits per heavy atom. The van der Waals surface area contributed by atoms with E-state index in [1.54, 1.807) is 0 Å². The minimum atomic E-state index is 0. The summed E-state index contributed by atoms with van der Waals surface area (Å²) in [5, 5.41) is 0. The smallest absolute Gasteiger partial charge is 0.191 e. The molecule has 0 aromatic heterocycles. The lowest BCUT2D eigenvalue weighted by molar-refractivity contribution is 0.272. The van der Waals surface area contributed by atoms with Crippen molar-refractivity contribution >= 4 is 29.9 Å². The highest BCUT2D eigenvalue weighted by Gasteiger charge is 2.11. The molecule has 1 saturated heterocycles. The van der Waals surface area contributed by atoms with Gasteiger partial charge < -0.3 is 15.5 Å². The topological polar surface area (TPSA) is 44.9 Å². The molecule has 2 N–H and O–H groups in total. The maximum absolute atomic E-state index is 6.04. The van der Waals surface area contributed by atoms with Crippen LogP contribution < -0.4 is 5.73 Å². The number of nitrogens with zero attached hydrogens (tertiary/aromatic N) is 3. The van der Waals surface area contributed by atoms with Crippen LogP contribution in [0.1, 0.15) is 52.4 Å². The Morgan fingerprint density at radius 2 is 1.65 bits per heavy atom. The van der Waals surface area contributed by atoms with Gasteiger partial charge in [0.1, 0.15) is 0 Å². The Bertz CT molecular complexity index is 246. The van der Waals surface area contributed by atoms with Crippen LogP contribution in [0.5, 0.6) is 0 Å². The van der Waals surface area contributed by atoms with Crippen molar-refractivity contribution in [1.29, 1.82) is 0 Å². The van der Waals surface area contributed by atoms with E-state index in [1.807, 2.05) is 0 Å². The molecule has 0 radical (unpaired) electrons. The number of guanidine groups is 1. The first-order valence-corrected chi connectivity index (χ1v) is 8.05. The molecule has 0 amide bonds. The first-order chi connectivity index (χ1) is 9.27. The van der Waals surface area contributed by atoms with Gasteiger partial charge in [0.2, 0.25) is 0 Å². The first-order valence-electron chi connectivity index (χ1n) is 8.05. The van der Waals surface area contributed by atoms with Crippen molar-refractivity contribution in [3.8, 4) is 0 Å². The second kappa shape index (κ2) is 12.7. The summed E-state index contributed by atoms with van der Waals surface area (Å²) in [5.74, 6) is 0.761. The van der Waals surface area contributed by atoms with Crippen molar-refractivity contribution in [2.24, 2.45) is 10.7 Å². The van der Waals surface area contributed by atoms with Crippen molar-refractivity contribution in [2.45, 2.75) is 52.4 Å². The predicted molar refractivity (Wildman–Crippen MR) is 99.0 cm³/mol. The summed E-state index contributed by atoms with van der Waals surface area (Å²) in [7, 11) is 0. The van der Waals surface area contributed by atoms with E-state index < -0.39 is 0 Å². The van der Waals surface area contributed by atoms with Gasteiger partial charge in [-0.3, -0.25) is 4.99 Å². The van der Waals surface area contributed by atoms with Crippen molar-refractivity contribution in [2.75, 3.05) is 39.3 Å². The molecule has 0 aromatic carbocycles. The summed E-state index contributed by atoms with van der Waals surface area (Å²) < 4.78 is 0. The average molecular weight is 396 g/mol. The highest BCUT2D eigenvalue weighted by Crippen LogP contribution is 2.07. The first kappa shape index (κ1) is 20.0. The second-order valence-electron chi connectivity index (χ2n) is 5.48. The summed E-state index contributed by atoms with van der Waals surface area (Å²) >= 11 is 0. The normalized spacial score (nSPS) is 16.4. The third-order valence-electron chi connectivity index (χ3n) is 3.67. The molecule has 20 heavy (non-hydrogen) atoms. The van der Waals surface area contributed by atoms with Crippen LogP contribution in [0, 0.1) is 0 Å². The van der Waals surface area contributed by atoms with Gasteiger partial charge in [-0.1, -0.05) is 13.8 Å². The molecule has 0 aromatic rings. The van der Waals surface area contributed by atoms with Gasteiger partial charge in [-0.25, -0.2) is 0 Å². The fraction of sp³-hybridized carbons (Fsp3) is 0.933. The van der Waals surface area contributed by atoms with E-state index in [-0.39, 0.29) is 24.0 Å². The summed E-state index contributed by atoms with van der Waals surface area (Å²) in [6.45, 7) is 11.1. The fourth-order valence-electron chi connectivity index (χ4n) is 2.68. The van der Waals surface area contributed by atoms with E-state index in [0.29, 0.717) is 0 Å². The van der Waals surface area contributed by atoms with E-state index in [4.69, 9.17) is 5.73 Å². The fourth-order valence-corrected chi connectivity index (χ4v) is 2.68. The number of halogens is 1. The zero-order valence-electron chi connectivity index (χ0n) is 13.3. The molecule has 1 heterocycles. The maximum atomic E-state index is 6.04. The lowest BCUT2D eigenvalue weighted by atomic mass is 10.1. The molecule has 0 aliphatic carbocycles. The number of nitrogens with two attached hydrogens (primary N) is 1. The molecule has 120 valence electrons. The van der Waals surface area contributed by atoms with Gasteiger partial charge in [-0.2, -0.15) is 0 Å². The molecule has 1 rings (SSSR count). The van der Waals surface area contributed by atoms with Gasteiger partial charge in [0, 0.05) is 19.6 Å². The van der Waals surface area contributed by atoms with Crippen LogP contribution in [-0.4, -0.2) is 55.0 Å². The van der Waals surface area contributed by atoms with Gasteiger partial charge in [0.05, 0.1) is 0 Å². The van der Waals surface area contributed by atoms with Gasteiger partial charge in [0.25, 0.3) is 0 Å². The molecule has 0 spiro atoms. The third-order valence-corrected chi connectivity index (χ3v) is 3.67. The van der Waals surface area contributed by atoms with E-state index >= 15 is 0 Å². The van der Waals surface area contributed by atoms with Gasteiger partial charge in [-0.05, 0) is 58.2 Å². The van der Waals surface area contributed by atoms with Gasteiger partial charge >= 0.3 is 0 Å². The van der Waals surface area contributed by atoms with Crippen molar-refractivity contribution < 1.29 is 0 Å². The number of hydrogen-bond donors (Lipinski definition) is 1. The van der Waals surface area contributed by atoms with E-state index in [0.717, 1.165) is 38.6 Å². The van der Waals surface area contributed by atoms with E-state index in [9.17, 15) is 0 Å². The number of hydrogen-bond acceptors (Lipinski definition) is 2. The highest BCUT2D eigenvalue weighted by atomic mass is 127.